The van der Waals surface area contributed by atoms with Gasteiger partial charge < -0.3 is 9.64 Å². The molecule has 39 heavy (non-hydrogen) atoms. The lowest BCUT2D eigenvalue weighted by Crippen LogP contribution is -2.44. The Kier molecular flexibility index (Phi) is 7.71. The van der Waals surface area contributed by atoms with Crippen molar-refractivity contribution in [2.75, 3.05) is 6.54 Å². The van der Waals surface area contributed by atoms with Crippen molar-refractivity contribution < 1.29 is 14.3 Å². The fourth-order valence-corrected chi connectivity index (χ4v) is 8.09. The van der Waals surface area contributed by atoms with Crippen LogP contribution < -0.4 is 4.74 Å². The first kappa shape index (κ1) is 28.6. The summed E-state index contributed by atoms with van der Waals surface area (Å²) in [4.78, 5) is 30.0. The van der Waals surface area contributed by atoms with E-state index in [4.69, 9.17) is 16.3 Å². The van der Waals surface area contributed by atoms with Gasteiger partial charge in [-0.25, -0.2) is 0 Å². The minimum atomic E-state index is -0.389. The van der Waals surface area contributed by atoms with Crippen LogP contribution in [0.2, 0.25) is 5.02 Å². The Labute approximate surface area is 253 Å². The molecule has 5 rings (SSSR count). The van der Waals surface area contributed by atoms with Gasteiger partial charge in [-0.15, -0.1) is 0 Å². The zero-order valence-corrected chi connectivity index (χ0v) is 27.0. The van der Waals surface area contributed by atoms with Crippen LogP contribution in [-0.4, -0.2) is 23.0 Å². The maximum absolute atomic E-state index is 13.8. The highest BCUT2D eigenvalue weighted by Crippen LogP contribution is 2.55. The number of carbonyl (C=O) groups excluding carboxylic acids is 2. The third-order valence-corrected chi connectivity index (χ3v) is 9.38. The highest BCUT2D eigenvalue weighted by atomic mass is 79.9. The number of ether oxygens (including phenoxy) is 1. The number of Topliss-reactive ketones (excluding diaryl/α,β-unsaturated/α-hetero) is 2. The summed E-state index contributed by atoms with van der Waals surface area (Å²) >= 11 is 13.6. The average molecular weight is 676 g/mol. The molecule has 0 atom stereocenters. The number of ketones is 2. The van der Waals surface area contributed by atoms with Crippen molar-refractivity contribution >= 4 is 55.0 Å². The van der Waals surface area contributed by atoms with E-state index in [0.29, 0.717) is 30.2 Å². The van der Waals surface area contributed by atoms with Crippen molar-refractivity contribution in [2.45, 2.75) is 72.8 Å². The summed E-state index contributed by atoms with van der Waals surface area (Å²) in [5.74, 6) is 0.560. The highest BCUT2D eigenvalue weighted by molar-refractivity contribution is 9.11. The zero-order chi connectivity index (χ0) is 28.3. The lowest BCUT2D eigenvalue weighted by atomic mass is 9.63. The van der Waals surface area contributed by atoms with Crippen molar-refractivity contribution in [1.29, 1.82) is 0 Å². The molecule has 0 radical (unpaired) electrons. The lowest BCUT2D eigenvalue weighted by Gasteiger charge is -2.49. The van der Waals surface area contributed by atoms with E-state index in [1.54, 1.807) is 0 Å². The first-order valence-corrected chi connectivity index (χ1v) is 15.4. The summed E-state index contributed by atoms with van der Waals surface area (Å²) in [6.07, 6.45) is 2.58. The van der Waals surface area contributed by atoms with Crippen molar-refractivity contribution in [3.05, 3.63) is 84.0 Å². The fourth-order valence-electron chi connectivity index (χ4n) is 6.43. The topological polar surface area (TPSA) is 46.6 Å². The van der Waals surface area contributed by atoms with Gasteiger partial charge in [0, 0.05) is 52.9 Å². The van der Waals surface area contributed by atoms with E-state index in [9.17, 15) is 9.59 Å². The van der Waals surface area contributed by atoms with Crippen LogP contribution in [0.4, 0.5) is 0 Å². The molecule has 0 fully saturated rings. The number of benzene rings is 2. The quantitative estimate of drug-likeness (QED) is 0.317. The summed E-state index contributed by atoms with van der Waals surface area (Å²) in [5, 5.41) is 0.664. The van der Waals surface area contributed by atoms with Crippen LogP contribution in [0.3, 0.4) is 0 Å². The number of halogens is 3. The second-order valence-electron chi connectivity index (χ2n) is 12.5. The average Bonchev–Trinajstić information content (AvgIpc) is 2.80. The minimum Gasteiger partial charge on any atom is -0.487 e. The molecule has 0 N–H and O–H groups in total. The van der Waals surface area contributed by atoms with Gasteiger partial charge in [0.05, 0.1) is 8.95 Å². The van der Waals surface area contributed by atoms with Crippen molar-refractivity contribution in [2.24, 2.45) is 10.8 Å². The molecule has 0 spiro atoms. The first-order valence-electron chi connectivity index (χ1n) is 13.5. The number of carbonyl (C=O) groups is 2. The molecule has 0 unspecified atom stereocenters. The molecule has 0 saturated heterocycles. The molecule has 7 heteroatoms. The largest absolute Gasteiger partial charge is 0.487 e. The Balaban J connectivity index is 1.62. The summed E-state index contributed by atoms with van der Waals surface area (Å²) in [5.41, 5.74) is 5.37. The zero-order valence-electron chi connectivity index (χ0n) is 23.1. The lowest BCUT2D eigenvalue weighted by molar-refractivity contribution is -0.119. The molecule has 0 aromatic heterocycles. The molecule has 2 aromatic carbocycles. The van der Waals surface area contributed by atoms with Gasteiger partial charge in [0.1, 0.15) is 12.4 Å². The smallest absolute Gasteiger partial charge is 0.162 e. The van der Waals surface area contributed by atoms with Crippen LogP contribution in [0.5, 0.6) is 5.75 Å². The highest BCUT2D eigenvalue weighted by Gasteiger charge is 2.48. The van der Waals surface area contributed by atoms with E-state index in [1.807, 2.05) is 36.4 Å². The predicted octanol–water partition coefficient (Wildman–Crippen LogP) is 9.15. The van der Waals surface area contributed by atoms with Crippen LogP contribution in [0.1, 0.15) is 77.3 Å². The second kappa shape index (κ2) is 10.5. The van der Waals surface area contributed by atoms with Crippen LogP contribution in [0.25, 0.3) is 0 Å². The molecule has 206 valence electrons. The number of hydrogen-bond donors (Lipinski definition) is 0. The van der Waals surface area contributed by atoms with Crippen LogP contribution >= 0.6 is 43.5 Å². The predicted molar refractivity (Wildman–Crippen MR) is 163 cm³/mol. The van der Waals surface area contributed by atoms with Gasteiger partial charge in [0.2, 0.25) is 0 Å². The molecule has 3 aliphatic rings. The van der Waals surface area contributed by atoms with Crippen LogP contribution in [0.15, 0.2) is 67.9 Å². The number of hydrogen-bond acceptors (Lipinski definition) is 4. The second-order valence-corrected chi connectivity index (χ2v) is 14.7. The molecule has 4 nitrogen and oxygen atoms in total. The molecule has 0 amide bonds. The number of allylic oxidation sites excluding steroid dienone is 4. The molecular weight excluding hydrogens is 642 g/mol. The molecule has 2 aliphatic carbocycles. The standard InChI is InChI=1S/C32H34Br2ClNO3/c1-6-36-23-13-31(2,3)15-25(37)28(23)27(29-24(36)14-32(4,5)16-26(29)38)19-11-21(33)30(22(34)12-19)39-17-18-8-7-9-20(35)10-18/h7-12,27H,6,13-17H2,1-5H3. The van der Waals surface area contributed by atoms with Crippen molar-refractivity contribution in [3.63, 3.8) is 0 Å². The normalized spacial score (nSPS) is 20.8. The molecule has 2 aromatic rings. The summed E-state index contributed by atoms with van der Waals surface area (Å²) in [6, 6.07) is 11.6. The maximum atomic E-state index is 13.8. The van der Waals surface area contributed by atoms with Crippen LogP contribution in [-0.2, 0) is 16.2 Å². The maximum Gasteiger partial charge on any atom is 0.162 e. The number of nitrogens with zero attached hydrogens (tertiary/aromatic N) is 1. The van der Waals surface area contributed by atoms with E-state index in [2.05, 4.69) is 71.4 Å². The molecular formula is C32H34Br2ClNO3. The molecule has 1 aliphatic heterocycles. The van der Waals surface area contributed by atoms with Crippen molar-refractivity contribution in [1.82, 2.24) is 4.90 Å². The van der Waals surface area contributed by atoms with Gasteiger partial charge in [0.25, 0.3) is 0 Å². The first-order chi connectivity index (χ1) is 18.3. The number of rotatable bonds is 5. The molecule has 0 bridgehead atoms. The molecule has 1 heterocycles. The van der Waals surface area contributed by atoms with Gasteiger partial charge in [-0.3, -0.25) is 9.59 Å². The van der Waals surface area contributed by atoms with Gasteiger partial charge in [-0.05, 0) is 97.8 Å². The van der Waals surface area contributed by atoms with Gasteiger partial charge >= 0.3 is 0 Å². The fraction of sp³-hybridized carbons (Fsp3) is 0.438. The Morgan fingerprint density at radius 3 is 1.92 bits per heavy atom. The van der Waals surface area contributed by atoms with E-state index >= 15 is 0 Å². The van der Waals surface area contributed by atoms with E-state index in [1.165, 1.54) is 0 Å². The van der Waals surface area contributed by atoms with Gasteiger partial charge in [0.15, 0.2) is 11.6 Å². The SMILES string of the molecule is CCN1C2=C(C(=O)CC(C)(C)C2)C(c2cc(Br)c(OCc3cccc(Cl)c3)c(Br)c2)C2=C1CC(C)(C)CC2=O. The monoisotopic (exact) mass is 673 g/mol. The van der Waals surface area contributed by atoms with Crippen molar-refractivity contribution in [3.8, 4) is 5.75 Å². The Bertz CT molecular complexity index is 1360. The minimum absolute atomic E-state index is 0.126. The third-order valence-electron chi connectivity index (χ3n) is 7.96. The van der Waals surface area contributed by atoms with E-state index < -0.39 is 0 Å². The summed E-state index contributed by atoms with van der Waals surface area (Å²) < 4.78 is 7.71. The summed E-state index contributed by atoms with van der Waals surface area (Å²) in [7, 11) is 0. The Morgan fingerprint density at radius 2 is 1.44 bits per heavy atom. The van der Waals surface area contributed by atoms with Gasteiger partial charge in [-0.1, -0.05) is 51.4 Å². The molecule has 0 saturated carbocycles. The Hall–Kier alpha value is -1.89. The van der Waals surface area contributed by atoms with Crippen LogP contribution in [0, 0.1) is 10.8 Å². The Morgan fingerprint density at radius 1 is 0.897 bits per heavy atom. The van der Waals surface area contributed by atoms with E-state index in [-0.39, 0.29) is 28.3 Å². The van der Waals surface area contributed by atoms with Gasteiger partial charge in [-0.2, -0.15) is 0 Å². The third kappa shape index (κ3) is 5.54. The van der Waals surface area contributed by atoms with E-state index in [0.717, 1.165) is 62.0 Å². The summed E-state index contributed by atoms with van der Waals surface area (Å²) in [6.45, 7) is 11.9.